The predicted octanol–water partition coefficient (Wildman–Crippen LogP) is 3.45. The zero-order chi connectivity index (χ0) is 15.6. The van der Waals surface area contributed by atoms with Crippen molar-refractivity contribution in [3.8, 4) is 5.75 Å². The fourth-order valence-corrected chi connectivity index (χ4v) is 3.12. The number of aromatic nitrogens is 1. The SMILES string of the molecule is COc1ccc(S(=O)(=O)Nc2cc(Br)cnc2Cl)cc1F. The van der Waals surface area contributed by atoms with Crippen LogP contribution >= 0.6 is 27.5 Å². The Balaban J connectivity index is 2.38. The summed E-state index contributed by atoms with van der Waals surface area (Å²) < 4.78 is 45.5. The van der Waals surface area contributed by atoms with Crippen molar-refractivity contribution in [1.82, 2.24) is 4.98 Å². The first-order valence-electron chi connectivity index (χ1n) is 5.51. The van der Waals surface area contributed by atoms with Crippen LogP contribution in [0.25, 0.3) is 0 Å². The van der Waals surface area contributed by atoms with Crippen LogP contribution in [0.5, 0.6) is 5.75 Å². The molecule has 1 heterocycles. The van der Waals surface area contributed by atoms with E-state index in [4.69, 9.17) is 16.3 Å². The quantitative estimate of drug-likeness (QED) is 0.805. The van der Waals surface area contributed by atoms with Gasteiger partial charge in [0, 0.05) is 10.7 Å². The standard InChI is InChI=1S/C12H9BrClFN2O3S/c1-20-11-3-2-8(5-9(11)15)21(18,19)17-10-4-7(13)6-16-12(10)14/h2-6,17H,1H3. The van der Waals surface area contributed by atoms with Crippen LogP contribution < -0.4 is 9.46 Å². The maximum Gasteiger partial charge on any atom is 0.262 e. The van der Waals surface area contributed by atoms with Crippen LogP contribution in [-0.2, 0) is 10.0 Å². The van der Waals surface area contributed by atoms with E-state index in [-0.39, 0.29) is 21.5 Å². The fraction of sp³-hybridized carbons (Fsp3) is 0.0833. The summed E-state index contributed by atoms with van der Waals surface area (Å²) in [4.78, 5) is 3.55. The van der Waals surface area contributed by atoms with Gasteiger partial charge in [-0.25, -0.2) is 17.8 Å². The number of nitrogens with one attached hydrogen (secondary N) is 1. The summed E-state index contributed by atoms with van der Waals surface area (Å²) in [5.74, 6) is -0.824. The third-order valence-corrected chi connectivity index (χ3v) is 4.58. The molecule has 9 heteroatoms. The first-order chi connectivity index (χ1) is 9.83. The molecule has 0 amide bonds. The summed E-state index contributed by atoms with van der Waals surface area (Å²) in [6.45, 7) is 0. The predicted molar refractivity (Wildman–Crippen MR) is 80.7 cm³/mol. The molecule has 0 radical (unpaired) electrons. The van der Waals surface area contributed by atoms with Gasteiger partial charge >= 0.3 is 0 Å². The normalized spacial score (nSPS) is 11.2. The number of methoxy groups -OCH3 is 1. The Hall–Kier alpha value is -1.38. The van der Waals surface area contributed by atoms with E-state index >= 15 is 0 Å². The van der Waals surface area contributed by atoms with E-state index in [1.165, 1.54) is 31.5 Å². The van der Waals surface area contributed by atoms with E-state index in [2.05, 4.69) is 25.6 Å². The molecule has 1 aromatic heterocycles. The average molecular weight is 396 g/mol. The van der Waals surface area contributed by atoms with Crippen molar-refractivity contribution in [3.63, 3.8) is 0 Å². The summed E-state index contributed by atoms with van der Waals surface area (Å²) in [5, 5.41) is -0.0178. The van der Waals surface area contributed by atoms with Crippen molar-refractivity contribution >= 4 is 43.2 Å². The topological polar surface area (TPSA) is 68.3 Å². The van der Waals surface area contributed by atoms with E-state index in [0.717, 1.165) is 6.07 Å². The summed E-state index contributed by atoms with van der Waals surface area (Å²) in [5.41, 5.74) is 0.0854. The maximum atomic E-state index is 13.6. The molecule has 0 saturated heterocycles. The summed E-state index contributed by atoms with van der Waals surface area (Å²) in [7, 11) is -2.70. The molecule has 2 aromatic rings. The molecule has 0 bridgehead atoms. The third-order valence-electron chi connectivity index (χ3n) is 2.48. The average Bonchev–Trinajstić information content (AvgIpc) is 2.42. The number of anilines is 1. The maximum absolute atomic E-state index is 13.6. The Bertz CT molecular complexity index is 786. The largest absolute Gasteiger partial charge is 0.494 e. The number of hydrogen-bond donors (Lipinski definition) is 1. The molecule has 0 saturated carbocycles. The van der Waals surface area contributed by atoms with Gasteiger partial charge in [0.25, 0.3) is 10.0 Å². The third kappa shape index (κ3) is 3.63. The van der Waals surface area contributed by atoms with Crippen LogP contribution in [0.3, 0.4) is 0 Å². The monoisotopic (exact) mass is 394 g/mol. The van der Waals surface area contributed by atoms with Crippen LogP contribution in [-0.4, -0.2) is 20.5 Å². The van der Waals surface area contributed by atoms with Crippen molar-refractivity contribution in [1.29, 1.82) is 0 Å². The summed E-state index contributed by atoms with van der Waals surface area (Å²) in [6, 6.07) is 4.77. The van der Waals surface area contributed by atoms with Crippen LogP contribution in [0.1, 0.15) is 0 Å². The molecule has 0 atom stereocenters. The number of benzene rings is 1. The van der Waals surface area contributed by atoms with Crippen molar-refractivity contribution in [2.75, 3.05) is 11.8 Å². The number of sulfonamides is 1. The molecule has 0 fully saturated rings. The highest BCUT2D eigenvalue weighted by molar-refractivity contribution is 9.10. The molecule has 0 unspecified atom stereocenters. The number of hydrogen-bond acceptors (Lipinski definition) is 4. The van der Waals surface area contributed by atoms with Gasteiger partial charge in [-0.15, -0.1) is 0 Å². The summed E-state index contributed by atoms with van der Waals surface area (Å²) in [6.07, 6.45) is 1.42. The van der Waals surface area contributed by atoms with Gasteiger partial charge in [0.15, 0.2) is 16.7 Å². The zero-order valence-electron chi connectivity index (χ0n) is 10.6. The fourth-order valence-electron chi connectivity index (χ4n) is 1.51. The second-order valence-electron chi connectivity index (χ2n) is 3.89. The zero-order valence-corrected chi connectivity index (χ0v) is 13.8. The molecule has 0 spiro atoms. The Morgan fingerprint density at radius 3 is 2.71 bits per heavy atom. The molecule has 1 N–H and O–H groups in total. The molecule has 2 rings (SSSR count). The van der Waals surface area contributed by atoms with Gasteiger partial charge in [-0.2, -0.15) is 0 Å². The van der Waals surface area contributed by atoms with E-state index in [9.17, 15) is 12.8 Å². The number of rotatable bonds is 4. The highest BCUT2D eigenvalue weighted by Crippen LogP contribution is 2.27. The lowest BCUT2D eigenvalue weighted by atomic mass is 10.3. The first kappa shape index (κ1) is 16.0. The van der Waals surface area contributed by atoms with Crippen molar-refractivity contribution in [2.24, 2.45) is 0 Å². The molecule has 112 valence electrons. The van der Waals surface area contributed by atoms with Crippen LogP contribution in [0.4, 0.5) is 10.1 Å². The van der Waals surface area contributed by atoms with Crippen LogP contribution in [0, 0.1) is 5.82 Å². The van der Waals surface area contributed by atoms with Gasteiger partial charge in [-0.3, -0.25) is 4.72 Å². The number of pyridine rings is 1. The molecule has 21 heavy (non-hydrogen) atoms. The highest BCUT2D eigenvalue weighted by atomic mass is 79.9. The van der Waals surface area contributed by atoms with Gasteiger partial charge in [0.1, 0.15) is 0 Å². The smallest absolute Gasteiger partial charge is 0.262 e. The Labute approximate surface area is 134 Å². The molecule has 1 aromatic carbocycles. The van der Waals surface area contributed by atoms with E-state index in [1.54, 1.807) is 0 Å². The lowest BCUT2D eigenvalue weighted by Crippen LogP contribution is -2.14. The summed E-state index contributed by atoms with van der Waals surface area (Å²) >= 11 is 8.97. The lowest BCUT2D eigenvalue weighted by Gasteiger charge is -2.10. The minimum absolute atomic E-state index is 0.0178. The molecular formula is C12H9BrClFN2O3S. The van der Waals surface area contributed by atoms with Gasteiger partial charge < -0.3 is 4.74 Å². The molecule has 0 aliphatic carbocycles. The lowest BCUT2D eigenvalue weighted by molar-refractivity contribution is 0.385. The molecule has 0 aliphatic rings. The van der Waals surface area contributed by atoms with Crippen molar-refractivity contribution in [2.45, 2.75) is 4.90 Å². The van der Waals surface area contributed by atoms with Crippen molar-refractivity contribution < 1.29 is 17.5 Å². The van der Waals surface area contributed by atoms with Gasteiger partial charge in [0.05, 0.1) is 17.7 Å². The number of nitrogens with zero attached hydrogens (tertiary/aromatic N) is 1. The number of halogens is 3. The molecular weight excluding hydrogens is 387 g/mol. The second kappa shape index (κ2) is 6.17. The van der Waals surface area contributed by atoms with Crippen LogP contribution in [0.15, 0.2) is 39.8 Å². The second-order valence-corrected chi connectivity index (χ2v) is 6.85. The minimum Gasteiger partial charge on any atom is -0.494 e. The Morgan fingerprint density at radius 2 is 2.10 bits per heavy atom. The van der Waals surface area contributed by atoms with Crippen molar-refractivity contribution in [3.05, 3.63) is 45.9 Å². The van der Waals surface area contributed by atoms with Gasteiger partial charge in [-0.05, 0) is 40.2 Å². The van der Waals surface area contributed by atoms with E-state index < -0.39 is 15.8 Å². The number of ether oxygens (including phenoxy) is 1. The highest BCUT2D eigenvalue weighted by Gasteiger charge is 2.18. The Morgan fingerprint density at radius 1 is 1.38 bits per heavy atom. The minimum atomic E-state index is -3.99. The Kier molecular flexibility index (Phi) is 4.70. The molecule has 5 nitrogen and oxygen atoms in total. The van der Waals surface area contributed by atoms with E-state index in [1.807, 2.05) is 0 Å². The van der Waals surface area contributed by atoms with Gasteiger partial charge in [0.2, 0.25) is 0 Å². The van der Waals surface area contributed by atoms with Gasteiger partial charge in [-0.1, -0.05) is 11.6 Å². The molecule has 0 aliphatic heterocycles. The first-order valence-corrected chi connectivity index (χ1v) is 8.16. The van der Waals surface area contributed by atoms with Crippen LogP contribution in [0.2, 0.25) is 5.15 Å². The van der Waals surface area contributed by atoms with E-state index in [0.29, 0.717) is 4.47 Å².